The van der Waals surface area contributed by atoms with Gasteiger partial charge in [-0.1, -0.05) is 6.92 Å². The van der Waals surface area contributed by atoms with Gasteiger partial charge in [0, 0.05) is 25.2 Å². The summed E-state index contributed by atoms with van der Waals surface area (Å²) in [6, 6.07) is 0.406. The van der Waals surface area contributed by atoms with Gasteiger partial charge in [-0.15, -0.1) is 0 Å². The summed E-state index contributed by atoms with van der Waals surface area (Å²) in [4.78, 5) is 11.2. The Bertz CT molecular complexity index is 401. The summed E-state index contributed by atoms with van der Waals surface area (Å²) in [5.41, 5.74) is 1.17. The molecule has 1 aliphatic heterocycles. The molecule has 0 amide bonds. The molecule has 1 aliphatic rings. The molecule has 106 valence electrons. The fourth-order valence-corrected chi connectivity index (χ4v) is 2.72. The Hall–Kier alpha value is -1.36. The molecule has 5 nitrogen and oxygen atoms in total. The molecule has 1 atom stereocenters. The summed E-state index contributed by atoms with van der Waals surface area (Å²) in [7, 11) is 1.90. The predicted octanol–water partition coefficient (Wildman–Crippen LogP) is 1.98. The van der Waals surface area contributed by atoms with Gasteiger partial charge in [0.05, 0.1) is 0 Å². The molecule has 2 rings (SSSR count). The van der Waals surface area contributed by atoms with Crippen LogP contribution in [0.15, 0.2) is 6.33 Å². The van der Waals surface area contributed by atoms with Gasteiger partial charge < -0.3 is 15.5 Å². The molecule has 2 heterocycles. The molecule has 0 spiro atoms. The Morgan fingerprint density at radius 1 is 1.26 bits per heavy atom. The van der Waals surface area contributed by atoms with Crippen LogP contribution >= 0.6 is 0 Å². The molecule has 0 saturated carbocycles. The van der Waals surface area contributed by atoms with Crippen molar-refractivity contribution in [2.45, 2.75) is 39.2 Å². The lowest BCUT2D eigenvalue weighted by atomic mass is 10.2. The first-order valence-electron chi connectivity index (χ1n) is 7.25. The first-order chi connectivity index (χ1) is 9.24. The van der Waals surface area contributed by atoms with Gasteiger partial charge in [0.1, 0.15) is 18.0 Å². The molecule has 0 aliphatic carbocycles. The van der Waals surface area contributed by atoms with Crippen LogP contribution in [0.3, 0.4) is 0 Å². The lowest BCUT2D eigenvalue weighted by Crippen LogP contribution is -2.33. The second-order valence-electron chi connectivity index (χ2n) is 5.21. The van der Waals surface area contributed by atoms with Gasteiger partial charge in [0.2, 0.25) is 0 Å². The fraction of sp³-hybridized carbons (Fsp3) is 0.714. The SMILES string of the molecule is CCc1c(NC)ncnc1NC(C)CN1CCCC1. The number of rotatable bonds is 6. The summed E-state index contributed by atoms with van der Waals surface area (Å²) in [6.45, 7) is 7.91. The standard InChI is InChI=1S/C14H25N5/c1-4-12-13(15-3)16-10-17-14(12)18-11(2)9-19-7-5-6-8-19/h10-11H,4-9H2,1-3H3,(H2,15,16,17,18). The molecular weight excluding hydrogens is 238 g/mol. The van der Waals surface area contributed by atoms with Crippen LogP contribution in [0, 0.1) is 0 Å². The van der Waals surface area contributed by atoms with Crippen LogP contribution in [0.4, 0.5) is 11.6 Å². The number of aromatic nitrogens is 2. The van der Waals surface area contributed by atoms with E-state index in [0.29, 0.717) is 6.04 Å². The van der Waals surface area contributed by atoms with Crippen molar-refractivity contribution in [3.05, 3.63) is 11.9 Å². The van der Waals surface area contributed by atoms with E-state index in [0.717, 1.165) is 24.6 Å². The van der Waals surface area contributed by atoms with Crippen LogP contribution in [-0.4, -0.2) is 47.6 Å². The predicted molar refractivity (Wildman–Crippen MR) is 79.7 cm³/mol. The molecule has 0 aromatic carbocycles. The lowest BCUT2D eigenvalue weighted by molar-refractivity contribution is 0.327. The molecular formula is C14H25N5. The Morgan fingerprint density at radius 2 is 1.95 bits per heavy atom. The van der Waals surface area contributed by atoms with Crippen molar-refractivity contribution in [1.82, 2.24) is 14.9 Å². The van der Waals surface area contributed by atoms with Gasteiger partial charge in [-0.3, -0.25) is 0 Å². The van der Waals surface area contributed by atoms with E-state index in [9.17, 15) is 0 Å². The van der Waals surface area contributed by atoms with E-state index in [1.54, 1.807) is 6.33 Å². The van der Waals surface area contributed by atoms with Crippen molar-refractivity contribution in [2.24, 2.45) is 0 Å². The van der Waals surface area contributed by atoms with Crippen molar-refractivity contribution < 1.29 is 0 Å². The maximum Gasteiger partial charge on any atom is 0.134 e. The number of nitrogens with zero attached hydrogens (tertiary/aromatic N) is 3. The third-order valence-electron chi connectivity index (χ3n) is 3.65. The van der Waals surface area contributed by atoms with E-state index in [1.165, 1.54) is 31.5 Å². The van der Waals surface area contributed by atoms with Crippen molar-refractivity contribution in [3.63, 3.8) is 0 Å². The normalized spacial score (nSPS) is 17.4. The number of likely N-dealkylation sites (tertiary alicyclic amines) is 1. The topological polar surface area (TPSA) is 53.1 Å². The molecule has 1 aromatic heterocycles. The van der Waals surface area contributed by atoms with Gasteiger partial charge in [-0.05, 0) is 39.3 Å². The third-order valence-corrected chi connectivity index (χ3v) is 3.65. The first kappa shape index (κ1) is 14.1. The summed E-state index contributed by atoms with van der Waals surface area (Å²) in [6.07, 6.45) is 5.22. The van der Waals surface area contributed by atoms with Crippen LogP contribution in [-0.2, 0) is 6.42 Å². The molecule has 0 radical (unpaired) electrons. The Labute approximate surface area is 115 Å². The number of anilines is 2. The Balaban J connectivity index is 2.01. The van der Waals surface area contributed by atoms with Gasteiger partial charge >= 0.3 is 0 Å². The Morgan fingerprint density at radius 3 is 2.58 bits per heavy atom. The molecule has 1 aromatic rings. The van der Waals surface area contributed by atoms with Crippen molar-refractivity contribution in [2.75, 3.05) is 37.3 Å². The summed E-state index contributed by atoms with van der Waals surface area (Å²) in [5.74, 6) is 1.89. The number of hydrogen-bond acceptors (Lipinski definition) is 5. The maximum atomic E-state index is 4.39. The van der Waals surface area contributed by atoms with E-state index in [2.05, 4.69) is 39.3 Å². The highest BCUT2D eigenvalue weighted by Gasteiger charge is 2.16. The lowest BCUT2D eigenvalue weighted by Gasteiger charge is -2.23. The smallest absolute Gasteiger partial charge is 0.134 e. The minimum absolute atomic E-state index is 0.406. The van der Waals surface area contributed by atoms with Crippen LogP contribution in [0.5, 0.6) is 0 Å². The van der Waals surface area contributed by atoms with Gasteiger partial charge in [-0.25, -0.2) is 9.97 Å². The molecule has 0 bridgehead atoms. The van der Waals surface area contributed by atoms with Crippen molar-refractivity contribution in [3.8, 4) is 0 Å². The Kier molecular flexibility index (Phi) is 4.96. The monoisotopic (exact) mass is 263 g/mol. The molecule has 1 unspecified atom stereocenters. The summed E-state index contributed by atoms with van der Waals surface area (Å²) < 4.78 is 0. The second-order valence-corrected chi connectivity index (χ2v) is 5.21. The average molecular weight is 263 g/mol. The van der Waals surface area contributed by atoms with Crippen LogP contribution in [0.1, 0.15) is 32.3 Å². The van der Waals surface area contributed by atoms with Crippen molar-refractivity contribution in [1.29, 1.82) is 0 Å². The van der Waals surface area contributed by atoms with E-state index >= 15 is 0 Å². The second kappa shape index (κ2) is 6.70. The molecule has 1 saturated heterocycles. The zero-order valence-corrected chi connectivity index (χ0v) is 12.2. The largest absolute Gasteiger partial charge is 0.373 e. The quantitative estimate of drug-likeness (QED) is 0.822. The highest BCUT2D eigenvalue weighted by atomic mass is 15.2. The molecule has 5 heteroatoms. The molecule has 2 N–H and O–H groups in total. The van der Waals surface area contributed by atoms with Gasteiger partial charge in [-0.2, -0.15) is 0 Å². The minimum atomic E-state index is 0.406. The van der Waals surface area contributed by atoms with Crippen molar-refractivity contribution >= 4 is 11.6 Å². The highest BCUT2D eigenvalue weighted by molar-refractivity contribution is 5.57. The van der Waals surface area contributed by atoms with E-state index in [-0.39, 0.29) is 0 Å². The number of nitrogens with one attached hydrogen (secondary N) is 2. The average Bonchev–Trinajstić information content (AvgIpc) is 2.91. The van der Waals surface area contributed by atoms with E-state index in [4.69, 9.17) is 0 Å². The van der Waals surface area contributed by atoms with Crippen LogP contribution in [0.2, 0.25) is 0 Å². The molecule has 19 heavy (non-hydrogen) atoms. The summed E-state index contributed by atoms with van der Waals surface area (Å²) >= 11 is 0. The zero-order valence-electron chi connectivity index (χ0n) is 12.2. The summed E-state index contributed by atoms with van der Waals surface area (Å²) in [5, 5.41) is 6.66. The zero-order chi connectivity index (χ0) is 13.7. The number of hydrogen-bond donors (Lipinski definition) is 2. The fourth-order valence-electron chi connectivity index (χ4n) is 2.72. The third kappa shape index (κ3) is 3.56. The van der Waals surface area contributed by atoms with Gasteiger partial charge in [0.25, 0.3) is 0 Å². The van der Waals surface area contributed by atoms with E-state index in [1.807, 2.05) is 7.05 Å². The van der Waals surface area contributed by atoms with E-state index < -0.39 is 0 Å². The van der Waals surface area contributed by atoms with Gasteiger partial charge in [0.15, 0.2) is 0 Å². The maximum absolute atomic E-state index is 4.39. The molecule has 1 fully saturated rings. The highest BCUT2D eigenvalue weighted by Crippen LogP contribution is 2.21. The van der Waals surface area contributed by atoms with Crippen LogP contribution < -0.4 is 10.6 Å². The first-order valence-corrected chi connectivity index (χ1v) is 7.25. The van der Waals surface area contributed by atoms with Crippen LogP contribution in [0.25, 0.3) is 0 Å². The minimum Gasteiger partial charge on any atom is -0.373 e.